The van der Waals surface area contributed by atoms with Crippen LogP contribution in [0.4, 0.5) is 0 Å². The fourth-order valence-corrected chi connectivity index (χ4v) is 2.88. The topological polar surface area (TPSA) is 74.4 Å². The first-order valence-corrected chi connectivity index (χ1v) is 7.21. The maximum Gasteiger partial charge on any atom is 0.325 e. The molecule has 0 fully saturated rings. The number of hydrogen-bond donors (Lipinski definition) is 2. The van der Waals surface area contributed by atoms with Gasteiger partial charge in [0.1, 0.15) is 10.3 Å². The van der Waals surface area contributed by atoms with E-state index in [0.717, 1.165) is 22.0 Å². The standard InChI is InChI=1S/C15H8Cl2N4O/c16-12-4-2-9(13(17)20-12)7-1-3-10-8(5-7)6-11-14(18-10)21-15(22)19-11/h1-6H,(H2,18,19,21,22). The lowest BCUT2D eigenvalue weighted by Crippen LogP contribution is -1.99. The van der Waals surface area contributed by atoms with Gasteiger partial charge in [0, 0.05) is 10.9 Å². The van der Waals surface area contributed by atoms with Crippen LogP contribution in [0.25, 0.3) is 33.2 Å². The number of pyridine rings is 2. The van der Waals surface area contributed by atoms with Crippen LogP contribution in [0.15, 0.2) is 41.2 Å². The quantitative estimate of drug-likeness (QED) is 0.521. The molecule has 0 bridgehead atoms. The minimum absolute atomic E-state index is 0.275. The Morgan fingerprint density at radius 2 is 1.82 bits per heavy atom. The molecule has 3 heterocycles. The number of rotatable bonds is 1. The van der Waals surface area contributed by atoms with Crippen molar-refractivity contribution in [3.63, 3.8) is 0 Å². The van der Waals surface area contributed by atoms with Crippen molar-refractivity contribution >= 4 is 45.3 Å². The third-order valence-corrected chi connectivity index (χ3v) is 3.92. The Balaban J connectivity index is 1.95. The molecule has 0 aliphatic rings. The third kappa shape index (κ3) is 2.15. The van der Waals surface area contributed by atoms with E-state index < -0.39 is 0 Å². The van der Waals surface area contributed by atoms with Gasteiger partial charge in [0.2, 0.25) is 0 Å². The molecule has 7 heteroatoms. The Morgan fingerprint density at radius 1 is 0.955 bits per heavy atom. The zero-order chi connectivity index (χ0) is 15.3. The van der Waals surface area contributed by atoms with Crippen molar-refractivity contribution in [3.8, 4) is 11.1 Å². The summed E-state index contributed by atoms with van der Waals surface area (Å²) in [6.45, 7) is 0. The molecule has 0 spiro atoms. The van der Waals surface area contributed by atoms with Gasteiger partial charge in [-0.25, -0.2) is 14.8 Å². The highest BCUT2D eigenvalue weighted by Crippen LogP contribution is 2.30. The lowest BCUT2D eigenvalue weighted by molar-refractivity contribution is 1.20. The van der Waals surface area contributed by atoms with Crippen LogP contribution in [0, 0.1) is 0 Å². The lowest BCUT2D eigenvalue weighted by atomic mass is 10.0. The van der Waals surface area contributed by atoms with Crippen molar-refractivity contribution in [2.24, 2.45) is 0 Å². The zero-order valence-electron chi connectivity index (χ0n) is 11.0. The third-order valence-electron chi connectivity index (χ3n) is 3.42. The normalized spacial score (nSPS) is 11.4. The molecule has 0 saturated carbocycles. The van der Waals surface area contributed by atoms with Crippen LogP contribution < -0.4 is 5.69 Å². The highest BCUT2D eigenvalue weighted by molar-refractivity contribution is 6.34. The number of nitrogens with one attached hydrogen (secondary N) is 2. The van der Waals surface area contributed by atoms with E-state index in [-0.39, 0.29) is 5.69 Å². The van der Waals surface area contributed by atoms with Crippen molar-refractivity contribution in [2.75, 3.05) is 0 Å². The second kappa shape index (κ2) is 4.83. The Kier molecular flexibility index (Phi) is 2.92. The Bertz CT molecular complexity index is 1080. The van der Waals surface area contributed by atoms with Gasteiger partial charge in [0.05, 0.1) is 11.0 Å². The molecule has 0 unspecified atom stereocenters. The predicted octanol–water partition coefficient (Wildman–Crippen LogP) is 3.77. The van der Waals surface area contributed by atoms with Crippen LogP contribution in [0.5, 0.6) is 0 Å². The number of benzene rings is 1. The summed E-state index contributed by atoms with van der Waals surface area (Å²) < 4.78 is 0. The molecule has 0 radical (unpaired) electrons. The molecule has 108 valence electrons. The second-order valence-electron chi connectivity index (χ2n) is 4.84. The SMILES string of the molecule is O=c1[nH]c2cc3cc(-c4ccc(Cl)nc4Cl)ccc3nc2[nH]1. The summed E-state index contributed by atoms with van der Waals surface area (Å²) in [5.41, 5.74) is 3.40. The van der Waals surface area contributed by atoms with Crippen LogP contribution in [-0.4, -0.2) is 19.9 Å². The highest BCUT2D eigenvalue weighted by Gasteiger charge is 2.08. The van der Waals surface area contributed by atoms with E-state index in [9.17, 15) is 4.79 Å². The molecule has 0 amide bonds. The predicted molar refractivity (Wildman–Crippen MR) is 87.5 cm³/mol. The van der Waals surface area contributed by atoms with E-state index in [0.29, 0.717) is 21.5 Å². The van der Waals surface area contributed by atoms with E-state index in [4.69, 9.17) is 23.2 Å². The molecule has 5 nitrogen and oxygen atoms in total. The molecule has 0 saturated heterocycles. The molecule has 4 aromatic rings. The largest absolute Gasteiger partial charge is 0.325 e. The lowest BCUT2D eigenvalue weighted by Gasteiger charge is -2.06. The van der Waals surface area contributed by atoms with Crippen molar-refractivity contribution in [2.45, 2.75) is 0 Å². The number of H-pyrrole nitrogens is 2. The monoisotopic (exact) mass is 330 g/mol. The Labute approximate surface area is 133 Å². The first-order chi connectivity index (χ1) is 10.6. The van der Waals surface area contributed by atoms with Gasteiger partial charge in [0.25, 0.3) is 0 Å². The molecule has 1 aromatic carbocycles. The van der Waals surface area contributed by atoms with Gasteiger partial charge in [-0.05, 0) is 35.9 Å². The van der Waals surface area contributed by atoms with Crippen molar-refractivity contribution < 1.29 is 0 Å². The molecule has 0 aliphatic heterocycles. The fraction of sp³-hybridized carbons (Fsp3) is 0. The van der Waals surface area contributed by atoms with Crippen LogP contribution in [0.3, 0.4) is 0 Å². The van der Waals surface area contributed by atoms with Gasteiger partial charge in [-0.3, -0.25) is 4.98 Å². The summed E-state index contributed by atoms with van der Waals surface area (Å²) in [6, 6.07) is 11.1. The first-order valence-electron chi connectivity index (χ1n) is 6.45. The van der Waals surface area contributed by atoms with E-state index in [1.54, 1.807) is 6.07 Å². The number of imidazole rings is 1. The zero-order valence-corrected chi connectivity index (χ0v) is 12.5. The van der Waals surface area contributed by atoms with Gasteiger partial charge in [-0.15, -0.1) is 0 Å². The van der Waals surface area contributed by atoms with Gasteiger partial charge in [0.15, 0.2) is 5.65 Å². The maximum absolute atomic E-state index is 11.3. The molecule has 2 N–H and O–H groups in total. The van der Waals surface area contributed by atoms with E-state index in [1.807, 2.05) is 30.3 Å². The van der Waals surface area contributed by atoms with Crippen molar-refractivity contribution in [1.29, 1.82) is 0 Å². The van der Waals surface area contributed by atoms with Gasteiger partial charge < -0.3 is 4.98 Å². The highest BCUT2D eigenvalue weighted by atomic mass is 35.5. The molecule has 0 atom stereocenters. The summed E-state index contributed by atoms with van der Waals surface area (Å²) in [6.07, 6.45) is 0. The number of halogens is 2. The number of aromatic nitrogens is 4. The number of aromatic amines is 2. The molecule has 3 aromatic heterocycles. The molecule has 4 rings (SSSR count). The van der Waals surface area contributed by atoms with E-state index in [2.05, 4.69) is 19.9 Å². The summed E-state index contributed by atoms with van der Waals surface area (Å²) >= 11 is 12.0. The molecular weight excluding hydrogens is 323 g/mol. The van der Waals surface area contributed by atoms with Gasteiger partial charge in [-0.1, -0.05) is 29.3 Å². The van der Waals surface area contributed by atoms with Gasteiger partial charge >= 0.3 is 5.69 Å². The Morgan fingerprint density at radius 3 is 2.64 bits per heavy atom. The average molecular weight is 331 g/mol. The molecule has 22 heavy (non-hydrogen) atoms. The fourth-order valence-electron chi connectivity index (χ4n) is 2.42. The van der Waals surface area contributed by atoms with Crippen LogP contribution in [0.2, 0.25) is 10.3 Å². The summed E-state index contributed by atoms with van der Waals surface area (Å²) in [5, 5.41) is 1.59. The van der Waals surface area contributed by atoms with Crippen LogP contribution in [0.1, 0.15) is 0 Å². The van der Waals surface area contributed by atoms with Crippen molar-refractivity contribution in [1.82, 2.24) is 19.9 Å². The van der Waals surface area contributed by atoms with Crippen molar-refractivity contribution in [3.05, 3.63) is 57.2 Å². The number of hydrogen-bond acceptors (Lipinski definition) is 3. The maximum atomic E-state index is 11.3. The van der Waals surface area contributed by atoms with E-state index >= 15 is 0 Å². The smallest absolute Gasteiger partial charge is 0.304 e. The summed E-state index contributed by atoms with van der Waals surface area (Å²) in [7, 11) is 0. The molecule has 0 aliphatic carbocycles. The second-order valence-corrected chi connectivity index (χ2v) is 5.59. The minimum atomic E-state index is -0.275. The van der Waals surface area contributed by atoms with Gasteiger partial charge in [-0.2, -0.15) is 0 Å². The average Bonchev–Trinajstić information content (AvgIpc) is 2.83. The van der Waals surface area contributed by atoms with Crippen LogP contribution >= 0.6 is 23.2 Å². The number of fused-ring (bicyclic) bond motifs is 2. The number of nitrogens with zero attached hydrogens (tertiary/aromatic N) is 2. The Hall–Kier alpha value is -2.37. The minimum Gasteiger partial charge on any atom is -0.304 e. The summed E-state index contributed by atoms with van der Waals surface area (Å²) in [5.74, 6) is 0. The van der Waals surface area contributed by atoms with E-state index in [1.165, 1.54) is 0 Å². The summed E-state index contributed by atoms with van der Waals surface area (Å²) in [4.78, 5) is 25.1. The van der Waals surface area contributed by atoms with Crippen LogP contribution in [-0.2, 0) is 0 Å². The molecular formula is C15H8Cl2N4O. The first kappa shape index (κ1) is 13.3.